The molecule has 8 nitrogen and oxygen atoms in total. The molecule has 1 amide bonds. The second kappa shape index (κ2) is 10.5. The van der Waals surface area contributed by atoms with E-state index in [1.807, 2.05) is 42.8 Å². The molecule has 10 heteroatoms. The topological polar surface area (TPSA) is 95.3 Å². The lowest BCUT2D eigenvalue weighted by Crippen LogP contribution is -2.16. The van der Waals surface area contributed by atoms with Crippen molar-refractivity contribution in [1.82, 2.24) is 14.8 Å². The molecule has 31 heavy (non-hydrogen) atoms. The number of carbonyl (C=O) groups is 2. The van der Waals surface area contributed by atoms with Crippen LogP contribution in [-0.4, -0.2) is 46.6 Å². The lowest BCUT2D eigenvalue weighted by Gasteiger charge is -2.06. The third kappa shape index (κ3) is 5.65. The van der Waals surface area contributed by atoms with Gasteiger partial charge in [-0.1, -0.05) is 30.8 Å². The van der Waals surface area contributed by atoms with Crippen LogP contribution in [0, 0.1) is 0 Å². The van der Waals surface area contributed by atoms with Crippen LogP contribution in [0.3, 0.4) is 0 Å². The second-order valence-corrected chi connectivity index (χ2v) is 8.70. The van der Waals surface area contributed by atoms with Crippen LogP contribution in [0.1, 0.15) is 33.5 Å². The number of esters is 1. The van der Waals surface area contributed by atoms with Crippen molar-refractivity contribution in [2.45, 2.75) is 24.9 Å². The SMILES string of the molecule is CCc1cc(C(=O)OC)c(NC(=O)CSc2nnc(Cc3ccc(OC)cc3)n2C)s1. The summed E-state index contributed by atoms with van der Waals surface area (Å²) in [5.41, 5.74) is 1.47. The fourth-order valence-corrected chi connectivity index (χ4v) is 4.54. The Balaban J connectivity index is 1.61. The van der Waals surface area contributed by atoms with E-state index in [1.54, 1.807) is 13.2 Å². The Labute approximate surface area is 189 Å². The molecule has 0 aliphatic heterocycles. The first-order chi connectivity index (χ1) is 14.9. The highest BCUT2D eigenvalue weighted by atomic mass is 32.2. The first kappa shape index (κ1) is 22.8. The highest BCUT2D eigenvalue weighted by Crippen LogP contribution is 2.29. The van der Waals surface area contributed by atoms with Crippen molar-refractivity contribution in [3.05, 3.63) is 52.2 Å². The molecule has 2 aromatic heterocycles. The molecular weight excluding hydrogens is 436 g/mol. The van der Waals surface area contributed by atoms with Crippen molar-refractivity contribution < 1.29 is 19.1 Å². The maximum Gasteiger partial charge on any atom is 0.340 e. The number of aromatic nitrogens is 3. The highest BCUT2D eigenvalue weighted by molar-refractivity contribution is 7.99. The van der Waals surface area contributed by atoms with E-state index in [1.165, 1.54) is 30.2 Å². The van der Waals surface area contributed by atoms with Crippen molar-refractivity contribution in [3.63, 3.8) is 0 Å². The lowest BCUT2D eigenvalue weighted by molar-refractivity contribution is -0.113. The predicted octanol–water partition coefficient (Wildman–Crippen LogP) is 3.56. The number of hydrogen-bond acceptors (Lipinski definition) is 8. The number of thiophene rings is 1. The van der Waals surface area contributed by atoms with Crippen LogP contribution in [0.15, 0.2) is 35.5 Å². The van der Waals surface area contributed by atoms with Gasteiger partial charge in [0.1, 0.15) is 16.6 Å². The Morgan fingerprint density at radius 2 is 1.94 bits per heavy atom. The van der Waals surface area contributed by atoms with E-state index < -0.39 is 5.97 Å². The molecule has 0 unspecified atom stereocenters. The van der Waals surface area contributed by atoms with E-state index in [4.69, 9.17) is 9.47 Å². The molecule has 1 aromatic carbocycles. The third-order valence-electron chi connectivity index (χ3n) is 4.57. The van der Waals surface area contributed by atoms with Crippen molar-refractivity contribution in [2.75, 3.05) is 25.3 Å². The van der Waals surface area contributed by atoms with Gasteiger partial charge < -0.3 is 19.4 Å². The Kier molecular flexibility index (Phi) is 7.69. The van der Waals surface area contributed by atoms with Crippen LogP contribution in [-0.2, 0) is 29.4 Å². The molecular formula is C21H24N4O4S2. The summed E-state index contributed by atoms with van der Waals surface area (Å²) in [6, 6.07) is 9.54. The zero-order chi connectivity index (χ0) is 22.4. The zero-order valence-electron chi connectivity index (χ0n) is 17.8. The average Bonchev–Trinajstić information content (AvgIpc) is 3.35. The van der Waals surface area contributed by atoms with Gasteiger partial charge in [0, 0.05) is 18.3 Å². The number of methoxy groups -OCH3 is 2. The van der Waals surface area contributed by atoms with Crippen LogP contribution >= 0.6 is 23.1 Å². The van der Waals surface area contributed by atoms with Gasteiger partial charge in [-0.15, -0.1) is 21.5 Å². The molecule has 1 N–H and O–H groups in total. The van der Waals surface area contributed by atoms with E-state index in [0.29, 0.717) is 22.1 Å². The average molecular weight is 461 g/mol. The lowest BCUT2D eigenvalue weighted by atomic mass is 10.1. The molecule has 2 heterocycles. The van der Waals surface area contributed by atoms with E-state index in [9.17, 15) is 9.59 Å². The molecule has 0 saturated heterocycles. The first-order valence-corrected chi connectivity index (χ1v) is 11.4. The van der Waals surface area contributed by atoms with Crippen LogP contribution in [0.4, 0.5) is 5.00 Å². The number of carbonyl (C=O) groups excluding carboxylic acids is 2. The number of amides is 1. The molecule has 164 valence electrons. The van der Waals surface area contributed by atoms with Gasteiger partial charge in [0.05, 0.1) is 25.5 Å². The minimum absolute atomic E-state index is 0.147. The third-order valence-corrected chi connectivity index (χ3v) is 6.78. The number of hydrogen-bond donors (Lipinski definition) is 1. The maximum absolute atomic E-state index is 12.5. The number of nitrogens with one attached hydrogen (secondary N) is 1. The number of aryl methyl sites for hydroxylation is 1. The number of rotatable bonds is 9. The molecule has 3 aromatic rings. The van der Waals surface area contributed by atoms with Gasteiger partial charge >= 0.3 is 5.97 Å². The fourth-order valence-electron chi connectivity index (χ4n) is 2.81. The summed E-state index contributed by atoms with van der Waals surface area (Å²) in [5.74, 6) is 1.06. The summed E-state index contributed by atoms with van der Waals surface area (Å²) >= 11 is 2.67. The number of ether oxygens (including phenoxy) is 2. The maximum atomic E-state index is 12.5. The standard InChI is InChI=1S/C21H24N4O4S2/c1-5-15-11-16(20(27)29-4)19(31-15)22-18(26)12-30-21-24-23-17(25(21)2)10-13-6-8-14(28-3)9-7-13/h6-9,11H,5,10,12H2,1-4H3,(H,22,26). The second-order valence-electron chi connectivity index (χ2n) is 6.62. The van der Waals surface area contributed by atoms with E-state index in [0.717, 1.165) is 28.4 Å². The molecule has 0 spiro atoms. The highest BCUT2D eigenvalue weighted by Gasteiger charge is 2.19. The monoisotopic (exact) mass is 460 g/mol. The Hall–Kier alpha value is -2.85. The summed E-state index contributed by atoms with van der Waals surface area (Å²) in [6.45, 7) is 1.99. The molecule has 0 radical (unpaired) electrons. The van der Waals surface area contributed by atoms with Gasteiger partial charge in [0.2, 0.25) is 5.91 Å². The van der Waals surface area contributed by atoms with Gasteiger partial charge in [-0.25, -0.2) is 4.79 Å². The van der Waals surface area contributed by atoms with Crippen molar-refractivity contribution >= 4 is 40.0 Å². The van der Waals surface area contributed by atoms with Crippen molar-refractivity contribution in [3.8, 4) is 5.75 Å². The van der Waals surface area contributed by atoms with Gasteiger partial charge in [0.25, 0.3) is 0 Å². The quantitative estimate of drug-likeness (QED) is 0.385. The number of nitrogens with zero attached hydrogens (tertiary/aromatic N) is 3. The summed E-state index contributed by atoms with van der Waals surface area (Å²) in [6.07, 6.45) is 1.40. The summed E-state index contributed by atoms with van der Waals surface area (Å²) in [5, 5.41) is 12.4. The number of thioether (sulfide) groups is 1. The molecule has 0 saturated carbocycles. The summed E-state index contributed by atoms with van der Waals surface area (Å²) in [7, 11) is 4.83. The summed E-state index contributed by atoms with van der Waals surface area (Å²) < 4.78 is 11.9. The van der Waals surface area contributed by atoms with Gasteiger partial charge in [-0.3, -0.25) is 4.79 Å². The normalized spacial score (nSPS) is 10.7. The molecule has 3 rings (SSSR count). The first-order valence-electron chi connectivity index (χ1n) is 9.60. The molecule has 0 aliphatic rings. The largest absolute Gasteiger partial charge is 0.497 e. The zero-order valence-corrected chi connectivity index (χ0v) is 19.4. The molecule has 0 aliphatic carbocycles. The Morgan fingerprint density at radius 1 is 1.19 bits per heavy atom. The van der Waals surface area contributed by atoms with E-state index >= 15 is 0 Å². The van der Waals surface area contributed by atoms with E-state index in [-0.39, 0.29) is 11.7 Å². The molecule has 0 bridgehead atoms. The molecule has 0 atom stereocenters. The van der Waals surface area contributed by atoms with E-state index in [2.05, 4.69) is 15.5 Å². The van der Waals surface area contributed by atoms with Crippen molar-refractivity contribution in [1.29, 1.82) is 0 Å². The number of anilines is 1. The van der Waals surface area contributed by atoms with Gasteiger partial charge in [-0.05, 0) is 30.2 Å². The minimum atomic E-state index is -0.463. The van der Waals surface area contributed by atoms with Gasteiger partial charge in [-0.2, -0.15) is 0 Å². The molecule has 0 fully saturated rings. The predicted molar refractivity (Wildman–Crippen MR) is 121 cm³/mol. The van der Waals surface area contributed by atoms with Crippen molar-refractivity contribution in [2.24, 2.45) is 7.05 Å². The smallest absolute Gasteiger partial charge is 0.340 e. The van der Waals surface area contributed by atoms with Gasteiger partial charge in [0.15, 0.2) is 5.16 Å². The summed E-state index contributed by atoms with van der Waals surface area (Å²) in [4.78, 5) is 25.4. The number of benzene rings is 1. The fraction of sp³-hybridized carbons (Fsp3) is 0.333. The Bertz CT molecular complexity index is 1060. The minimum Gasteiger partial charge on any atom is -0.497 e. The van der Waals surface area contributed by atoms with Crippen LogP contribution < -0.4 is 10.1 Å². The van der Waals surface area contributed by atoms with Crippen LogP contribution in [0.25, 0.3) is 0 Å². The van der Waals surface area contributed by atoms with Crippen LogP contribution in [0.5, 0.6) is 5.75 Å². The Morgan fingerprint density at radius 3 is 2.58 bits per heavy atom. The van der Waals surface area contributed by atoms with Crippen LogP contribution in [0.2, 0.25) is 0 Å².